The highest BCUT2D eigenvalue weighted by atomic mass is 35.5. The Bertz CT molecular complexity index is 451. The van der Waals surface area contributed by atoms with E-state index in [2.05, 4.69) is 10.3 Å². The summed E-state index contributed by atoms with van der Waals surface area (Å²) in [5.41, 5.74) is 1.85. The fourth-order valence-corrected chi connectivity index (χ4v) is 1.94. The van der Waals surface area contributed by atoms with Gasteiger partial charge in [0.25, 0.3) is 0 Å². The second-order valence-corrected chi connectivity index (χ2v) is 4.38. The van der Waals surface area contributed by atoms with Gasteiger partial charge in [-0.15, -0.1) is 0 Å². The van der Waals surface area contributed by atoms with Gasteiger partial charge in [0, 0.05) is 5.02 Å². The van der Waals surface area contributed by atoms with Crippen LogP contribution in [0.4, 0.5) is 4.39 Å². The average molecular weight is 265 g/mol. The van der Waals surface area contributed by atoms with Crippen LogP contribution in [-0.2, 0) is 0 Å². The molecular formula is C14H14ClFN2. The second-order valence-electron chi connectivity index (χ2n) is 3.94. The topological polar surface area (TPSA) is 24.9 Å². The molecule has 2 rings (SSSR count). The Morgan fingerprint density at radius 2 is 1.94 bits per heavy atom. The molecular weight excluding hydrogens is 251 g/mol. The van der Waals surface area contributed by atoms with Crippen molar-refractivity contribution < 1.29 is 4.39 Å². The van der Waals surface area contributed by atoms with E-state index in [-0.39, 0.29) is 11.9 Å². The number of nitrogens with zero attached hydrogens (tertiary/aromatic N) is 1. The van der Waals surface area contributed by atoms with E-state index in [1.165, 1.54) is 12.3 Å². The van der Waals surface area contributed by atoms with Crippen LogP contribution in [0.2, 0.25) is 5.02 Å². The van der Waals surface area contributed by atoms with Crippen LogP contribution < -0.4 is 5.32 Å². The van der Waals surface area contributed by atoms with Gasteiger partial charge in [-0.1, -0.05) is 30.7 Å². The Labute approximate surface area is 111 Å². The summed E-state index contributed by atoms with van der Waals surface area (Å²) in [5, 5.41) is 4.02. The zero-order valence-corrected chi connectivity index (χ0v) is 10.8. The fourth-order valence-electron chi connectivity index (χ4n) is 1.81. The normalized spacial score (nSPS) is 12.4. The summed E-state index contributed by atoms with van der Waals surface area (Å²) in [6.07, 6.45) is 1.23. The predicted octanol–water partition coefficient (Wildman–Crippen LogP) is 3.57. The zero-order valence-electron chi connectivity index (χ0n) is 10.0. The molecule has 0 spiro atoms. The Hall–Kier alpha value is -1.45. The first-order valence-electron chi connectivity index (χ1n) is 5.81. The number of hydrogen-bond donors (Lipinski definition) is 1. The summed E-state index contributed by atoms with van der Waals surface area (Å²) in [7, 11) is 0. The van der Waals surface area contributed by atoms with E-state index in [1.807, 2.05) is 31.2 Å². The number of halogens is 2. The number of aromatic nitrogens is 1. The second kappa shape index (κ2) is 5.94. The molecule has 2 nitrogen and oxygen atoms in total. The SMILES string of the molecule is CCNC(c1ccc(Cl)cc1)c1ccc(F)cn1. The van der Waals surface area contributed by atoms with Crippen LogP contribution in [0, 0.1) is 5.82 Å². The maximum atomic E-state index is 12.9. The van der Waals surface area contributed by atoms with Gasteiger partial charge in [-0.25, -0.2) is 4.39 Å². The zero-order chi connectivity index (χ0) is 13.0. The molecule has 18 heavy (non-hydrogen) atoms. The lowest BCUT2D eigenvalue weighted by Crippen LogP contribution is -2.22. The molecule has 1 atom stereocenters. The van der Waals surface area contributed by atoms with Crippen LogP contribution >= 0.6 is 11.6 Å². The molecule has 0 saturated heterocycles. The fraction of sp³-hybridized carbons (Fsp3) is 0.214. The van der Waals surface area contributed by atoms with E-state index in [9.17, 15) is 4.39 Å². The van der Waals surface area contributed by atoms with E-state index >= 15 is 0 Å². The van der Waals surface area contributed by atoms with Crippen molar-refractivity contribution in [3.8, 4) is 0 Å². The highest BCUT2D eigenvalue weighted by Crippen LogP contribution is 2.22. The molecule has 0 amide bonds. The quantitative estimate of drug-likeness (QED) is 0.913. The number of pyridine rings is 1. The van der Waals surface area contributed by atoms with E-state index in [0.29, 0.717) is 5.02 Å². The molecule has 0 fully saturated rings. The molecule has 0 aliphatic carbocycles. The molecule has 0 radical (unpaired) electrons. The van der Waals surface area contributed by atoms with Gasteiger partial charge in [0.2, 0.25) is 0 Å². The minimum absolute atomic E-state index is 0.0483. The van der Waals surface area contributed by atoms with Crippen molar-refractivity contribution in [3.05, 3.63) is 64.7 Å². The van der Waals surface area contributed by atoms with E-state index < -0.39 is 0 Å². The monoisotopic (exact) mass is 264 g/mol. The van der Waals surface area contributed by atoms with Gasteiger partial charge in [-0.2, -0.15) is 0 Å². The summed E-state index contributed by atoms with van der Waals surface area (Å²) < 4.78 is 12.9. The van der Waals surface area contributed by atoms with Crippen molar-refractivity contribution in [2.45, 2.75) is 13.0 Å². The highest BCUT2D eigenvalue weighted by molar-refractivity contribution is 6.30. The Balaban J connectivity index is 2.33. The van der Waals surface area contributed by atoms with Crippen molar-refractivity contribution in [2.75, 3.05) is 6.54 Å². The molecule has 2 aromatic rings. The molecule has 1 unspecified atom stereocenters. The van der Waals surface area contributed by atoms with Gasteiger partial charge >= 0.3 is 0 Å². The molecule has 1 N–H and O–H groups in total. The van der Waals surface area contributed by atoms with Crippen LogP contribution in [0.3, 0.4) is 0 Å². The molecule has 0 bridgehead atoms. The maximum absolute atomic E-state index is 12.9. The average Bonchev–Trinajstić information content (AvgIpc) is 2.39. The van der Waals surface area contributed by atoms with Gasteiger partial charge in [-0.05, 0) is 36.4 Å². The summed E-state index contributed by atoms with van der Waals surface area (Å²) >= 11 is 5.87. The van der Waals surface area contributed by atoms with Crippen molar-refractivity contribution in [2.24, 2.45) is 0 Å². The van der Waals surface area contributed by atoms with Crippen molar-refractivity contribution in [3.63, 3.8) is 0 Å². The number of nitrogens with one attached hydrogen (secondary N) is 1. The lowest BCUT2D eigenvalue weighted by atomic mass is 10.0. The third-order valence-electron chi connectivity index (χ3n) is 2.66. The third kappa shape index (κ3) is 3.06. The summed E-state index contributed by atoms with van der Waals surface area (Å²) in [6.45, 7) is 2.82. The minimum atomic E-state index is -0.329. The maximum Gasteiger partial charge on any atom is 0.141 e. The van der Waals surface area contributed by atoms with Crippen molar-refractivity contribution in [1.82, 2.24) is 10.3 Å². The first kappa shape index (κ1) is 13.0. The van der Waals surface area contributed by atoms with Gasteiger partial charge in [0.15, 0.2) is 0 Å². The lowest BCUT2D eigenvalue weighted by Gasteiger charge is -2.17. The third-order valence-corrected chi connectivity index (χ3v) is 2.91. The van der Waals surface area contributed by atoms with Crippen LogP contribution in [0.1, 0.15) is 24.2 Å². The smallest absolute Gasteiger partial charge is 0.141 e. The van der Waals surface area contributed by atoms with Crippen molar-refractivity contribution >= 4 is 11.6 Å². The Morgan fingerprint density at radius 1 is 1.22 bits per heavy atom. The molecule has 1 aromatic carbocycles. The lowest BCUT2D eigenvalue weighted by molar-refractivity contribution is 0.594. The minimum Gasteiger partial charge on any atom is -0.305 e. The standard InChI is InChI=1S/C14H14ClFN2/c1-2-17-14(10-3-5-11(15)6-4-10)13-8-7-12(16)9-18-13/h3-9,14,17H,2H2,1H3. The summed E-state index contributed by atoms with van der Waals surface area (Å²) in [6, 6.07) is 10.6. The molecule has 94 valence electrons. The highest BCUT2D eigenvalue weighted by Gasteiger charge is 2.14. The molecule has 0 aliphatic rings. The molecule has 4 heteroatoms. The van der Waals surface area contributed by atoms with Gasteiger partial charge in [-0.3, -0.25) is 4.98 Å². The Kier molecular flexibility index (Phi) is 4.28. The van der Waals surface area contributed by atoms with Crippen LogP contribution in [0.15, 0.2) is 42.6 Å². The molecule has 0 aliphatic heterocycles. The number of hydrogen-bond acceptors (Lipinski definition) is 2. The number of rotatable bonds is 4. The van der Waals surface area contributed by atoms with Crippen LogP contribution in [0.5, 0.6) is 0 Å². The largest absolute Gasteiger partial charge is 0.305 e. The van der Waals surface area contributed by atoms with Gasteiger partial charge in [0.05, 0.1) is 17.9 Å². The molecule has 1 heterocycles. The number of benzene rings is 1. The van der Waals surface area contributed by atoms with E-state index in [1.54, 1.807) is 6.07 Å². The Morgan fingerprint density at radius 3 is 2.50 bits per heavy atom. The molecule has 0 saturated carbocycles. The summed E-state index contributed by atoms with van der Waals surface area (Å²) in [4.78, 5) is 4.13. The van der Waals surface area contributed by atoms with Crippen LogP contribution in [0.25, 0.3) is 0 Å². The van der Waals surface area contributed by atoms with Crippen LogP contribution in [-0.4, -0.2) is 11.5 Å². The van der Waals surface area contributed by atoms with Crippen molar-refractivity contribution in [1.29, 1.82) is 0 Å². The summed E-state index contributed by atoms with van der Waals surface area (Å²) in [5.74, 6) is -0.329. The predicted molar refractivity (Wildman–Crippen MR) is 71.2 cm³/mol. The first-order chi connectivity index (χ1) is 8.70. The van der Waals surface area contributed by atoms with Gasteiger partial charge < -0.3 is 5.32 Å². The van der Waals surface area contributed by atoms with Gasteiger partial charge in [0.1, 0.15) is 5.82 Å². The first-order valence-corrected chi connectivity index (χ1v) is 6.19. The molecule has 1 aromatic heterocycles. The van der Waals surface area contributed by atoms with E-state index in [0.717, 1.165) is 17.8 Å². The van der Waals surface area contributed by atoms with E-state index in [4.69, 9.17) is 11.6 Å².